The summed E-state index contributed by atoms with van der Waals surface area (Å²) in [6.45, 7) is 8.01. The number of imidazole rings is 1. The Kier molecular flexibility index (Phi) is 8.63. The number of aliphatic hydroxyl groups excluding tert-OH is 1. The third-order valence-electron chi connectivity index (χ3n) is 8.05. The van der Waals surface area contributed by atoms with Crippen molar-refractivity contribution in [2.75, 3.05) is 46.0 Å². The summed E-state index contributed by atoms with van der Waals surface area (Å²) in [5.74, 6) is -0.616. The number of likely N-dealkylation sites (tertiary alicyclic amines) is 1. The van der Waals surface area contributed by atoms with E-state index in [0.29, 0.717) is 73.6 Å². The van der Waals surface area contributed by atoms with Gasteiger partial charge in [-0.05, 0) is 49.2 Å². The quantitative estimate of drug-likeness (QED) is 0.163. The zero-order valence-corrected chi connectivity index (χ0v) is 24.9. The molecule has 6 rings (SSSR count). The van der Waals surface area contributed by atoms with E-state index < -0.39 is 17.7 Å². The number of morpholine rings is 1. The largest absolute Gasteiger partial charge is 0.505 e. The van der Waals surface area contributed by atoms with E-state index in [0.717, 1.165) is 18.7 Å². The van der Waals surface area contributed by atoms with Crippen LogP contribution in [0.1, 0.15) is 35.5 Å². The van der Waals surface area contributed by atoms with E-state index in [4.69, 9.17) is 14.2 Å². The molecular formula is C34H36N4O6. The molecule has 10 nitrogen and oxygen atoms in total. The second kappa shape index (κ2) is 12.9. The first-order valence-corrected chi connectivity index (χ1v) is 14.9. The smallest absolute Gasteiger partial charge is 0.295 e. The number of aryl methyl sites for hydroxylation is 1. The number of benzene rings is 2. The molecule has 2 aromatic heterocycles. The molecule has 2 fully saturated rings. The predicted molar refractivity (Wildman–Crippen MR) is 165 cm³/mol. The molecule has 44 heavy (non-hydrogen) atoms. The van der Waals surface area contributed by atoms with Crippen molar-refractivity contribution >= 4 is 23.1 Å². The van der Waals surface area contributed by atoms with Crippen molar-refractivity contribution < 1.29 is 28.9 Å². The first-order valence-electron chi connectivity index (χ1n) is 14.9. The number of rotatable bonds is 10. The van der Waals surface area contributed by atoms with Gasteiger partial charge in [-0.25, -0.2) is 4.98 Å². The van der Waals surface area contributed by atoms with Gasteiger partial charge >= 0.3 is 0 Å². The van der Waals surface area contributed by atoms with Crippen molar-refractivity contribution in [3.8, 4) is 11.5 Å². The fraction of sp³-hybridized carbons (Fsp3) is 0.324. The number of fused-ring (bicyclic) bond motifs is 1. The highest BCUT2D eigenvalue weighted by Gasteiger charge is 2.47. The van der Waals surface area contributed by atoms with Crippen LogP contribution in [0.3, 0.4) is 0 Å². The molecule has 0 bridgehead atoms. The van der Waals surface area contributed by atoms with Crippen molar-refractivity contribution in [3.63, 3.8) is 0 Å². The summed E-state index contributed by atoms with van der Waals surface area (Å²) in [6, 6.07) is 19.9. The topological polar surface area (TPSA) is 106 Å². The Morgan fingerprint density at radius 3 is 2.52 bits per heavy atom. The normalized spacial score (nSPS) is 18.7. The van der Waals surface area contributed by atoms with Crippen molar-refractivity contribution in [2.45, 2.75) is 26.5 Å². The van der Waals surface area contributed by atoms with Gasteiger partial charge in [0.2, 0.25) is 0 Å². The average Bonchev–Trinajstić information content (AvgIpc) is 3.52. The highest BCUT2D eigenvalue weighted by Crippen LogP contribution is 2.42. The van der Waals surface area contributed by atoms with Gasteiger partial charge in [-0.2, -0.15) is 0 Å². The number of ether oxygens (including phenoxy) is 3. The highest BCUT2D eigenvalue weighted by atomic mass is 16.5. The molecule has 2 saturated heterocycles. The Bertz CT molecular complexity index is 1690. The van der Waals surface area contributed by atoms with E-state index in [9.17, 15) is 14.7 Å². The monoisotopic (exact) mass is 596 g/mol. The molecule has 2 aliphatic heterocycles. The molecule has 0 spiro atoms. The minimum Gasteiger partial charge on any atom is -0.505 e. The first kappa shape index (κ1) is 29.4. The molecule has 2 aliphatic rings. The molecule has 228 valence electrons. The van der Waals surface area contributed by atoms with Gasteiger partial charge in [0.25, 0.3) is 11.7 Å². The van der Waals surface area contributed by atoms with Crippen LogP contribution in [-0.4, -0.2) is 82.0 Å². The van der Waals surface area contributed by atoms with E-state index >= 15 is 0 Å². The Hall–Kier alpha value is -4.67. The number of aliphatic hydroxyl groups is 1. The summed E-state index contributed by atoms with van der Waals surface area (Å²) in [5.41, 5.74) is 3.22. The van der Waals surface area contributed by atoms with Crippen LogP contribution in [0, 0.1) is 6.92 Å². The summed E-state index contributed by atoms with van der Waals surface area (Å²) in [6.07, 6.45) is 1.78. The number of pyridine rings is 1. The number of carbonyl (C=O) groups is 2. The summed E-state index contributed by atoms with van der Waals surface area (Å²) in [5, 5.41) is 11.8. The zero-order valence-electron chi connectivity index (χ0n) is 24.9. The summed E-state index contributed by atoms with van der Waals surface area (Å²) < 4.78 is 19.3. The lowest BCUT2D eigenvalue weighted by molar-refractivity contribution is -0.140. The van der Waals surface area contributed by atoms with Crippen molar-refractivity contribution in [1.29, 1.82) is 0 Å². The third-order valence-corrected chi connectivity index (χ3v) is 8.05. The lowest BCUT2D eigenvalue weighted by atomic mass is 9.96. The molecule has 1 N–H and O–H groups in total. The highest BCUT2D eigenvalue weighted by molar-refractivity contribution is 6.46. The van der Waals surface area contributed by atoms with E-state index in [1.165, 1.54) is 0 Å². The maximum Gasteiger partial charge on any atom is 0.295 e. The molecule has 10 heteroatoms. The Balaban J connectivity index is 1.42. The second-order valence-electron chi connectivity index (χ2n) is 10.8. The van der Waals surface area contributed by atoms with Gasteiger partial charge in [-0.1, -0.05) is 42.5 Å². The average molecular weight is 597 g/mol. The molecular weight excluding hydrogens is 560 g/mol. The minimum atomic E-state index is -0.841. The van der Waals surface area contributed by atoms with Crippen LogP contribution in [0.2, 0.25) is 0 Å². The molecule has 1 atom stereocenters. The van der Waals surface area contributed by atoms with Crippen LogP contribution in [0.25, 0.3) is 11.4 Å². The number of hydrogen-bond donors (Lipinski definition) is 1. The molecule has 1 unspecified atom stereocenters. The van der Waals surface area contributed by atoms with Gasteiger partial charge in [0.05, 0.1) is 37.1 Å². The molecule has 4 heterocycles. The number of carbonyl (C=O) groups excluding carboxylic acids is 2. The Morgan fingerprint density at radius 1 is 0.977 bits per heavy atom. The predicted octanol–water partition coefficient (Wildman–Crippen LogP) is 4.37. The third kappa shape index (κ3) is 5.78. The molecule has 0 saturated carbocycles. The van der Waals surface area contributed by atoms with Crippen LogP contribution in [0.15, 0.2) is 78.5 Å². The van der Waals surface area contributed by atoms with Crippen LogP contribution >= 0.6 is 0 Å². The van der Waals surface area contributed by atoms with Gasteiger partial charge in [-0.15, -0.1) is 0 Å². The van der Waals surface area contributed by atoms with Crippen LogP contribution in [-0.2, 0) is 20.9 Å². The molecule has 0 radical (unpaired) electrons. The van der Waals surface area contributed by atoms with Gasteiger partial charge in [0, 0.05) is 32.4 Å². The molecule has 2 aromatic carbocycles. The van der Waals surface area contributed by atoms with Crippen molar-refractivity contribution in [3.05, 3.63) is 101 Å². The van der Waals surface area contributed by atoms with Crippen LogP contribution in [0.4, 0.5) is 0 Å². The number of hydrogen-bond acceptors (Lipinski definition) is 8. The van der Waals surface area contributed by atoms with Gasteiger partial charge in [-0.3, -0.25) is 18.9 Å². The van der Waals surface area contributed by atoms with Gasteiger partial charge < -0.3 is 24.2 Å². The SMILES string of the molecule is CCOc1cc(C2C(=C(O)c3c(C)nc4ccccn34)C(=O)C(=O)N2CCN2CCOCC2)ccc1OCc1ccccc1. The Morgan fingerprint density at radius 2 is 1.75 bits per heavy atom. The van der Waals surface area contributed by atoms with Gasteiger partial charge in [0.15, 0.2) is 17.3 Å². The summed E-state index contributed by atoms with van der Waals surface area (Å²) in [4.78, 5) is 35.7. The van der Waals surface area contributed by atoms with E-state index in [2.05, 4.69) is 9.88 Å². The number of aromatic nitrogens is 2. The molecule has 0 aliphatic carbocycles. The van der Waals surface area contributed by atoms with E-state index in [1.54, 1.807) is 34.6 Å². The van der Waals surface area contributed by atoms with Gasteiger partial charge in [0.1, 0.15) is 17.9 Å². The van der Waals surface area contributed by atoms with Crippen molar-refractivity contribution in [1.82, 2.24) is 19.2 Å². The Labute approximate surface area is 256 Å². The number of ketones is 1. The summed E-state index contributed by atoms with van der Waals surface area (Å²) in [7, 11) is 0. The van der Waals surface area contributed by atoms with Crippen LogP contribution in [0.5, 0.6) is 11.5 Å². The van der Waals surface area contributed by atoms with E-state index in [-0.39, 0.29) is 11.3 Å². The standard InChI is InChI=1S/C34H36N4O6/c1-3-43-27-21-25(12-13-26(27)44-22-24-9-5-4-6-10-24)31-29(32(39)30-23(2)35-28-11-7-8-14-37(28)30)33(40)34(41)38(31)16-15-36-17-19-42-20-18-36/h4-14,21,31,39H,3,15-20,22H2,1-2H3. The fourth-order valence-corrected chi connectivity index (χ4v) is 5.88. The molecule has 4 aromatic rings. The lowest BCUT2D eigenvalue weighted by Gasteiger charge is -2.31. The second-order valence-corrected chi connectivity index (χ2v) is 10.8. The van der Waals surface area contributed by atoms with Crippen molar-refractivity contribution in [2.24, 2.45) is 0 Å². The van der Waals surface area contributed by atoms with E-state index in [1.807, 2.05) is 61.5 Å². The number of Topliss-reactive ketones (excluding diaryl/α,β-unsaturated/α-hetero) is 1. The zero-order chi connectivity index (χ0) is 30.6. The van der Waals surface area contributed by atoms with Crippen LogP contribution < -0.4 is 9.47 Å². The summed E-state index contributed by atoms with van der Waals surface area (Å²) >= 11 is 0. The lowest BCUT2D eigenvalue weighted by Crippen LogP contribution is -2.42. The minimum absolute atomic E-state index is 0.0196. The molecule has 1 amide bonds. The first-order chi connectivity index (χ1) is 21.5. The fourth-order valence-electron chi connectivity index (χ4n) is 5.88. The number of nitrogens with zero attached hydrogens (tertiary/aromatic N) is 4. The maximum absolute atomic E-state index is 13.7. The maximum atomic E-state index is 13.7. The number of amides is 1.